The molecule has 1 aliphatic carbocycles. The molecule has 2 fully saturated rings. The number of piperazine rings is 1. The van der Waals surface area contributed by atoms with Gasteiger partial charge in [0.25, 0.3) is 0 Å². The predicted molar refractivity (Wildman–Crippen MR) is 82.5 cm³/mol. The lowest BCUT2D eigenvalue weighted by molar-refractivity contribution is 0.0773. The molecule has 112 valence electrons. The lowest BCUT2D eigenvalue weighted by atomic mass is 9.81. The summed E-state index contributed by atoms with van der Waals surface area (Å²) in [6, 6.07) is 0. The van der Waals surface area contributed by atoms with E-state index in [1.165, 1.54) is 65.0 Å². The Kier molecular flexibility index (Phi) is 5.67. The van der Waals surface area contributed by atoms with Crippen LogP contribution < -0.4 is 5.32 Å². The minimum atomic E-state index is 0.480. The second-order valence-electron chi connectivity index (χ2n) is 6.76. The van der Waals surface area contributed by atoms with Crippen molar-refractivity contribution < 1.29 is 0 Å². The van der Waals surface area contributed by atoms with Crippen molar-refractivity contribution in [2.24, 2.45) is 11.3 Å². The van der Waals surface area contributed by atoms with Crippen molar-refractivity contribution in [2.75, 3.05) is 52.9 Å². The molecule has 0 bridgehead atoms. The fourth-order valence-corrected chi connectivity index (χ4v) is 3.42. The van der Waals surface area contributed by atoms with Crippen LogP contribution in [0.3, 0.4) is 0 Å². The Morgan fingerprint density at radius 3 is 2.05 bits per heavy atom. The van der Waals surface area contributed by atoms with Crippen molar-refractivity contribution in [1.29, 1.82) is 0 Å². The summed E-state index contributed by atoms with van der Waals surface area (Å²) in [5.41, 5.74) is 0.480. The Bertz CT molecular complexity index is 251. The van der Waals surface area contributed by atoms with Crippen molar-refractivity contribution in [3.63, 3.8) is 0 Å². The van der Waals surface area contributed by atoms with E-state index in [-0.39, 0.29) is 0 Å². The standard InChI is InChI=1S/C16H33N3/c1-4-16(5-2,13-17-3)14-19-10-8-18(9-11-19)12-15-6-7-15/h15,17H,4-14H2,1-3H3. The van der Waals surface area contributed by atoms with Crippen molar-refractivity contribution in [2.45, 2.75) is 39.5 Å². The number of rotatable bonds is 8. The summed E-state index contributed by atoms with van der Waals surface area (Å²) < 4.78 is 0. The number of hydrogen-bond acceptors (Lipinski definition) is 3. The van der Waals surface area contributed by atoms with Gasteiger partial charge in [-0.2, -0.15) is 0 Å². The predicted octanol–water partition coefficient (Wildman–Crippen LogP) is 2.04. The summed E-state index contributed by atoms with van der Waals surface area (Å²) in [4.78, 5) is 5.39. The average molecular weight is 267 g/mol. The van der Waals surface area contributed by atoms with E-state index in [0.29, 0.717) is 5.41 Å². The molecular weight excluding hydrogens is 234 g/mol. The van der Waals surface area contributed by atoms with Gasteiger partial charge in [-0.25, -0.2) is 0 Å². The fraction of sp³-hybridized carbons (Fsp3) is 1.00. The van der Waals surface area contributed by atoms with Crippen LogP contribution in [-0.4, -0.2) is 62.7 Å². The Hall–Kier alpha value is -0.120. The maximum absolute atomic E-state index is 3.41. The molecule has 0 unspecified atom stereocenters. The van der Waals surface area contributed by atoms with Gasteiger partial charge in [0.2, 0.25) is 0 Å². The number of hydrogen-bond donors (Lipinski definition) is 1. The number of nitrogens with zero attached hydrogens (tertiary/aromatic N) is 2. The van der Waals surface area contributed by atoms with Gasteiger partial charge in [-0.05, 0) is 44.1 Å². The first-order valence-electron chi connectivity index (χ1n) is 8.30. The first kappa shape index (κ1) is 15.3. The number of nitrogens with one attached hydrogen (secondary N) is 1. The lowest BCUT2D eigenvalue weighted by Crippen LogP contribution is -2.51. The molecule has 1 saturated heterocycles. The molecule has 0 aromatic heterocycles. The van der Waals surface area contributed by atoms with Crippen molar-refractivity contribution in [1.82, 2.24) is 15.1 Å². The first-order chi connectivity index (χ1) is 9.21. The topological polar surface area (TPSA) is 18.5 Å². The van der Waals surface area contributed by atoms with E-state index < -0.39 is 0 Å². The van der Waals surface area contributed by atoms with Crippen molar-refractivity contribution >= 4 is 0 Å². The molecule has 19 heavy (non-hydrogen) atoms. The van der Waals surface area contributed by atoms with Gasteiger partial charge in [0.1, 0.15) is 0 Å². The van der Waals surface area contributed by atoms with Crippen LogP contribution in [0.1, 0.15) is 39.5 Å². The minimum absolute atomic E-state index is 0.480. The Morgan fingerprint density at radius 2 is 1.58 bits per heavy atom. The van der Waals surface area contributed by atoms with Crippen molar-refractivity contribution in [3.8, 4) is 0 Å². The van der Waals surface area contributed by atoms with Crippen LogP contribution in [0.15, 0.2) is 0 Å². The van der Waals surface area contributed by atoms with Gasteiger partial charge in [0, 0.05) is 45.8 Å². The summed E-state index contributed by atoms with van der Waals surface area (Å²) >= 11 is 0. The second kappa shape index (κ2) is 7.05. The zero-order valence-electron chi connectivity index (χ0n) is 13.2. The van der Waals surface area contributed by atoms with Gasteiger partial charge in [-0.15, -0.1) is 0 Å². The third-order valence-corrected chi connectivity index (χ3v) is 5.29. The highest BCUT2D eigenvalue weighted by molar-refractivity contribution is 4.86. The lowest BCUT2D eigenvalue weighted by Gasteiger charge is -2.41. The molecule has 0 radical (unpaired) electrons. The highest BCUT2D eigenvalue weighted by Gasteiger charge is 2.31. The first-order valence-corrected chi connectivity index (χ1v) is 8.30. The van der Waals surface area contributed by atoms with E-state index in [4.69, 9.17) is 0 Å². The molecule has 3 nitrogen and oxygen atoms in total. The van der Waals surface area contributed by atoms with Crippen molar-refractivity contribution in [3.05, 3.63) is 0 Å². The highest BCUT2D eigenvalue weighted by atomic mass is 15.3. The second-order valence-corrected chi connectivity index (χ2v) is 6.76. The molecule has 2 aliphatic rings. The summed E-state index contributed by atoms with van der Waals surface area (Å²) in [7, 11) is 2.09. The third-order valence-electron chi connectivity index (χ3n) is 5.29. The molecule has 3 heteroatoms. The molecule has 1 saturated carbocycles. The van der Waals surface area contributed by atoms with Gasteiger partial charge in [-0.3, -0.25) is 0 Å². The molecular formula is C16H33N3. The van der Waals surface area contributed by atoms with Crippen LogP contribution in [0, 0.1) is 11.3 Å². The van der Waals surface area contributed by atoms with Crippen LogP contribution in [0.25, 0.3) is 0 Å². The van der Waals surface area contributed by atoms with Crippen LogP contribution in [-0.2, 0) is 0 Å². The quantitative estimate of drug-likeness (QED) is 0.726. The fourth-order valence-electron chi connectivity index (χ4n) is 3.42. The molecule has 0 amide bonds. The van der Waals surface area contributed by atoms with E-state index in [1.807, 2.05) is 0 Å². The Morgan fingerprint density at radius 1 is 1.00 bits per heavy atom. The molecule has 1 N–H and O–H groups in total. The van der Waals surface area contributed by atoms with E-state index in [1.54, 1.807) is 0 Å². The van der Waals surface area contributed by atoms with Gasteiger partial charge >= 0.3 is 0 Å². The molecule has 2 rings (SSSR count). The summed E-state index contributed by atoms with van der Waals surface area (Å²) in [5.74, 6) is 1.04. The van der Waals surface area contributed by atoms with Crippen LogP contribution in [0.5, 0.6) is 0 Å². The van der Waals surface area contributed by atoms with Crippen LogP contribution in [0.2, 0.25) is 0 Å². The zero-order valence-corrected chi connectivity index (χ0v) is 13.2. The largest absolute Gasteiger partial charge is 0.319 e. The maximum Gasteiger partial charge on any atom is 0.0110 e. The molecule has 0 aromatic carbocycles. The summed E-state index contributed by atoms with van der Waals surface area (Å²) in [5, 5.41) is 3.41. The normalized spacial score (nSPS) is 22.9. The Labute approximate surface area is 119 Å². The minimum Gasteiger partial charge on any atom is -0.319 e. The highest BCUT2D eigenvalue weighted by Crippen LogP contribution is 2.30. The van der Waals surface area contributed by atoms with Gasteiger partial charge in [0.05, 0.1) is 0 Å². The van der Waals surface area contributed by atoms with Gasteiger partial charge in [-0.1, -0.05) is 13.8 Å². The third kappa shape index (κ3) is 4.44. The van der Waals surface area contributed by atoms with E-state index in [2.05, 4.69) is 36.0 Å². The Balaban J connectivity index is 1.76. The van der Waals surface area contributed by atoms with Gasteiger partial charge < -0.3 is 15.1 Å². The van der Waals surface area contributed by atoms with E-state index in [0.717, 1.165) is 12.5 Å². The van der Waals surface area contributed by atoms with E-state index >= 15 is 0 Å². The maximum atomic E-state index is 3.41. The summed E-state index contributed by atoms with van der Waals surface area (Å²) in [6.07, 6.45) is 5.54. The van der Waals surface area contributed by atoms with Crippen LogP contribution >= 0.6 is 0 Å². The van der Waals surface area contributed by atoms with Crippen LogP contribution in [0.4, 0.5) is 0 Å². The molecule has 1 heterocycles. The monoisotopic (exact) mass is 267 g/mol. The SMILES string of the molecule is CCC(CC)(CNC)CN1CCN(CC2CC2)CC1. The molecule has 1 aliphatic heterocycles. The van der Waals surface area contributed by atoms with E-state index in [9.17, 15) is 0 Å². The van der Waals surface area contributed by atoms with Gasteiger partial charge in [0.15, 0.2) is 0 Å². The average Bonchev–Trinajstić information content (AvgIpc) is 3.24. The molecule has 0 atom stereocenters. The molecule has 0 aromatic rings. The molecule has 0 spiro atoms. The zero-order chi connectivity index (χ0) is 13.7. The summed E-state index contributed by atoms with van der Waals surface area (Å²) in [6.45, 7) is 13.6. The smallest absolute Gasteiger partial charge is 0.0110 e.